The van der Waals surface area contributed by atoms with E-state index < -0.39 is 24.2 Å². The number of amides is 1. The highest BCUT2D eigenvalue weighted by Gasteiger charge is 2.42. The molecule has 8 heteroatoms. The molecule has 1 amide bonds. The minimum absolute atomic E-state index is 0.00522. The number of alkyl halides is 3. The Morgan fingerprint density at radius 2 is 1.95 bits per heavy atom. The van der Waals surface area contributed by atoms with E-state index in [1.165, 1.54) is 31.2 Å². The summed E-state index contributed by atoms with van der Waals surface area (Å²) in [6.45, 7) is 1.06. The maximum Gasteiger partial charge on any atom is 0.407 e. The number of nitrogens with one attached hydrogen (secondary N) is 2. The molecule has 0 bridgehead atoms. The second-order valence-corrected chi connectivity index (χ2v) is 5.21. The van der Waals surface area contributed by atoms with Crippen LogP contribution in [-0.4, -0.2) is 24.7 Å². The molecule has 1 rings (SSSR count). The van der Waals surface area contributed by atoms with Crippen LogP contribution in [0.15, 0.2) is 28.7 Å². The highest BCUT2D eigenvalue weighted by Crippen LogP contribution is 2.33. The molecule has 0 unspecified atom stereocenters. The average Bonchev–Trinajstić information content (AvgIpc) is 2.41. The Hall–Kier alpha value is -1.59. The van der Waals surface area contributed by atoms with Crippen molar-refractivity contribution >= 4 is 21.8 Å². The van der Waals surface area contributed by atoms with Gasteiger partial charge in [-0.1, -0.05) is 28.1 Å². The van der Waals surface area contributed by atoms with Gasteiger partial charge in [-0.25, -0.2) is 0 Å². The first-order valence-corrected chi connectivity index (χ1v) is 6.78. The normalized spacial score (nSPS) is 14.1. The first-order chi connectivity index (χ1) is 9.75. The SMILES string of the molecule is C[C@H](N[C@@H](c1ccc(Br)cc1)C(F)(F)F)C(=O)NCC#N. The molecule has 2 N–H and O–H groups in total. The molecule has 1 aromatic rings. The third-order valence-corrected chi connectivity index (χ3v) is 3.21. The van der Waals surface area contributed by atoms with Gasteiger partial charge in [0.2, 0.25) is 5.91 Å². The molecular formula is C13H13BrF3N3O. The minimum Gasteiger partial charge on any atom is -0.342 e. The van der Waals surface area contributed by atoms with Gasteiger partial charge in [0.1, 0.15) is 12.6 Å². The van der Waals surface area contributed by atoms with Crippen LogP contribution in [0.3, 0.4) is 0 Å². The van der Waals surface area contributed by atoms with E-state index in [4.69, 9.17) is 5.26 Å². The lowest BCUT2D eigenvalue weighted by molar-refractivity contribution is -0.160. The third kappa shape index (κ3) is 5.36. The highest BCUT2D eigenvalue weighted by atomic mass is 79.9. The number of nitriles is 1. The Morgan fingerprint density at radius 1 is 1.38 bits per heavy atom. The van der Waals surface area contributed by atoms with Gasteiger partial charge in [0.25, 0.3) is 0 Å². The third-order valence-electron chi connectivity index (χ3n) is 2.68. The zero-order valence-electron chi connectivity index (χ0n) is 11.0. The number of carbonyl (C=O) groups is 1. The molecule has 21 heavy (non-hydrogen) atoms. The maximum absolute atomic E-state index is 13.1. The number of rotatable bonds is 5. The molecule has 0 aliphatic heterocycles. The van der Waals surface area contributed by atoms with Crippen molar-refractivity contribution in [2.45, 2.75) is 25.2 Å². The van der Waals surface area contributed by atoms with Crippen molar-refractivity contribution in [1.29, 1.82) is 5.26 Å². The lowest BCUT2D eigenvalue weighted by Crippen LogP contribution is -2.47. The maximum atomic E-state index is 13.1. The van der Waals surface area contributed by atoms with Crippen molar-refractivity contribution < 1.29 is 18.0 Å². The number of nitrogens with zero attached hydrogens (tertiary/aromatic N) is 1. The van der Waals surface area contributed by atoms with Gasteiger partial charge < -0.3 is 5.32 Å². The molecular weight excluding hydrogens is 351 g/mol. The van der Waals surface area contributed by atoms with Gasteiger partial charge in [0.05, 0.1) is 12.1 Å². The van der Waals surface area contributed by atoms with E-state index >= 15 is 0 Å². The van der Waals surface area contributed by atoms with Crippen LogP contribution in [0.1, 0.15) is 18.5 Å². The first kappa shape index (κ1) is 17.5. The summed E-state index contributed by atoms with van der Waals surface area (Å²) in [5, 5.41) is 12.8. The Kier molecular flexibility index (Phi) is 6.18. The van der Waals surface area contributed by atoms with E-state index in [1.54, 1.807) is 6.07 Å². The standard InChI is InChI=1S/C13H13BrF3N3O/c1-8(12(21)19-7-6-18)20-11(13(15,16)17)9-2-4-10(14)5-3-9/h2-5,8,11,20H,7H2,1H3,(H,19,21)/t8-,11-/m0/s1. The smallest absolute Gasteiger partial charge is 0.342 e. The van der Waals surface area contributed by atoms with Crippen molar-refractivity contribution in [2.24, 2.45) is 0 Å². The molecule has 0 saturated carbocycles. The summed E-state index contributed by atoms with van der Waals surface area (Å²) in [4.78, 5) is 11.6. The second kappa shape index (κ2) is 7.43. The van der Waals surface area contributed by atoms with Gasteiger partial charge in [-0.15, -0.1) is 0 Å². The molecule has 0 aromatic heterocycles. The van der Waals surface area contributed by atoms with Crippen LogP contribution < -0.4 is 10.6 Å². The fourth-order valence-corrected chi connectivity index (χ4v) is 1.90. The van der Waals surface area contributed by atoms with E-state index in [0.717, 1.165) is 0 Å². The fourth-order valence-electron chi connectivity index (χ4n) is 1.64. The van der Waals surface area contributed by atoms with Crippen LogP contribution in [0.2, 0.25) is 0 Å². The zero-order chi connectivity index (χ0) is 16.0. The summed E-state index contributed by atoms with van der Waals surface area (Å²) in [5.74, 6) is -0.664. The van der Waals surface area contributed by atoms with Gasteiger partial charge in [-0.05, 0) is 24.6 Å². The van der Waals surface area contributed by atoms with E-state index in [9.17, 15) is 18.0 Å². The average molecular weight is 364 g/mol. The van der Waals surface area contributed by atoms with E-state index in [2.05, 4.69) is 26.6 Å². The summed E-state index contributed by atoms with van der Waals surface area (Å²) >= 11 is 3.15. The number of hydrogen-bond donors (Lipinski definition) is 2. The molecule has 0 radical (unpaired) electrons. The van der Waals surface area contributed by atoms with Crippen LogP contribution in [0.5, 0.6) is 0 Å². The van der Waals surface area contributed by atoms with Crippen LogP contribution in [0.4, 0.5) is 13.2 Å². The van der Waals surface area contributed by atoms with E-state index in [0.29, 0.717) is 4.47 Å². The Morgan fingerprint density at radius 3 is 2.43 bits per heavy atom. The molecule has 0 aliphatic carbocycles. The second-order valence-electron chi connectivity index (χ2n) is 4.29. The largest absolute Gasteiger partial charge is 0.407 e. The predicted octanol–water partition coefficient (Wildman–Crippen LogP) is 2.67. The van der Waals surface area contributed by atoms with E-state index in [-0.39, 0.29) is 12.1 Å². The van der Waals surface area contributed by atoms with Gasteiger partial charge in [-0.3, -0.25) is 10.1 Å². The molecule has 0 fully saturated rings. The van der Waals surface area contributed by atoms with Crippen LogP contribution >= 0.6 is 15.9 Å². The Bertz CT molecular complexity index is 525. The highest BCUT2D eigenvalue weighted by molar-refractivity contribution is 9.10. The molecule has 4 nitrogen and oxygen atoms in total. The van der Waals surface area contributed by atoms with Crippen molar-refractivity contribution in [1.82, 2.24) is 10.6 Å². The molecule has 0 spiro atoms. The molecule has 1 aromatic carbocycles. The van der Waals surface area contributed by atoms with Gasteiger partial charge >= 0.3 is 6.18 Å². The Labute approximate surface area is 128 Å². The van der Waals surface area contributed by atoms with E-state index in [1.807, 2.05) is 0 Å². The van der Waals surface area contributed by atoms with Crippen LogP contribution in [0, 0.1) is 11.3 Å². The predicted molar refractivity (Wildman–Crippen MR) is 74.2 cm³/mol. The van der Waals surface area contributed by atoms with Crippen molar-refractivity contribution in [3.8, 4) is 6.07 Å². The van der Waals surface area contributed by atoms with Crippen LogP contribution in [0.25, 0.3) is 0 Å². The number of benzene rings is 1. The van der Waals surface area contributed by atoms with Gasteiger partial charge in [0.15, 0.2) is 0 Å². The van der Waals surface area contributed by atoms with Crippen LogP contribution in [-0.2, 0) is 4.79 Å². The van der Waals surface area contributed by atoms with Gasteiger partial charge in [0, 0.05) is 4.47 Å². The molecule has 0 saturated heterocycles. The molecule has 2 atom stereocenters. The summed E-state index contributed by atoms with van der Waals surface area (Å²) in [6.07, 6.45) is -4.54. The summed E-state index contributed by atoms with van der Waals surface area (Å²) < 4.78 is 40.0. The summed E-state index contributed by atoms with van der Waals surface area (Å²) in [7, 11) is 0. The summed E-state index contributed by atoms with van der Waals surface area (Å²) in [5.41, 5.74) is 0.00522. The molecule has 0 aliphatic rings. The summed E-state index contributed by atoms with van der Waals surface area (Å²) in [6, 6.07) is 4.28. The zero-order valence-corrected chi connectivity index (χ0v) is 12.6. The van der Waals surface area contributed by atoms with Crippen molar-refractivity contribution in [3.63, 3.8) is 0 Å². The van der Waals surface area contributed by atoms with Gasteiger partial charge in [-0.2, -0.15) is 18.4 Å². The number of carbonyl (C=O) groups excluding carboxylic acids is 1. The lowest BCUT2D eigenvalue weighted by Gasteiger charge is -2.25. The number of halogens is 4. The number of hydrogen-bond acceptors (Lipinski definition) is 3. The lowest BCUT2D eigenvalue weighted by atomic mass is 10.1. The fraction of sp³-hybridized carbons (Fsp3) is 0.385. The van der Waals surface area contributed by atoms with Crippen molar-refractivity contribution in [2.75, 3.05) is 6.54 Å². The minimum atomic E-state index is -4.54. The topological polar surface area (TPSA) is 64.9 Å². The first-order valence-electron chi connectivity index (χ1n) is 5.98. The quantitative estimate of drug-likeness (QED) is 0.790. The molecule has 114 valence electrons. The monoisotopic (exact) mass is 363 g/mol. The van der Waals surface area contributed by atoms with Crippen molar-refractivity contribution in [3.05, 3.63) is 34.3 Å². The Balaban J connectivity index is 2.88. The molecule has 0 heterocycles.